The normalized spacial score (nSPS) is 34.9. The van der Waals surface area contributed by atoms with Crippen LogP contribution in [-0.2, 0) is 9.59 Å². The minimum Gasteiger partial charge on any atom is -0.344 e. The van der Waals surface area contributed by atoms with Crippen LogP contribution < -0.4 is 5.32 Å². The Bertz CT molecular complexity index is 385. The summed E-state index contributed by atoms with van der Waals surface area (Å²) in [6.45, 7) is 1.72. The van der Waals surface area contributed by atoms with Gasteiger partial charge >= 0.3 is 0 Å². The van der Waals surface area contributed by atoms with Crippen molar-refractivity contribution in [3.8, 4) is 0 Å². The van der Waals surface area contributed by atoms with E-state index in [9.17, 15) is 9.59 Å². The third-order valence-electron chi connectivity index (χ3n) is 5.15. The highest BCUT2D eigenvalue weighted by molar-refractivity contribution is 5.88. The number of carbonyl (C=O) groups excluding carboxylic acids is 2. The van der Waals surface area contributed by atoms with Crippen LogP contribution in [0.25, 0.3) is 0 Å². The van der Waals surface area contributed by atoms with Gasteiger partial charge < -0.3 is 15.1 Å². The maximum Gasteiger partial charge on any atom is 0.241 e. The highest BCUT2D eigenvalue weighted by atomic mass is 16.2. The molecule has 2 amide bonds. The highest BCUT2D eigenvalue weighted by Crippen LogP contribution is 2.33. The van der Waals surface area contributed by atoms with Gasteiger partial charge in [0, 0.05) is 26.2 Å². The summed E-state index contributed by atoms with van der Waals surface area (Å²) in [6.07, 6.45) is 6.88. The molecular formula is C15H25N3O2. The first-order valence-electron chi connectivity index (χ1n) is 7.94. The van der Waals surface area contributed by atoms with Gasteiger partial charge in [-0.3, -0.25) is 9.59 Å². The molecule has 3 rings (SSSR count). The maximum absolute atomic E-state index is 12.6. The van der Waals surface area contributed by atoms with Gasteiger partial charge in [-0.05, 0) is 31.6 Å². The summed E-state index contributed by atoms with van der Waals surface area (Å²) < 4.78 is 0. The molecule has 2 heterocycles. The molecule has 0 aromatic heterocycles. The Balaban J connectivity index is 1.62. The Morgan fingerprint density at radius 2 is 2.00 bits per heavy atom. The van der Waals surface area contributed by atoms with Crippen molar-refractivity contribution in [3.05, 3.63) is 0 Å². The van der Waals surface area contributed by atoms with Gasteiger partial charge in [-0.1, -0.05) is 12.8 Å². The number of rotatable bonds is 1. The summed E-state index contributed by atoms with van der Waals surface area (Å²) in [5, 5.41) is 3.52. The van der Waals surface area contributed by atoms with Crippen LogP contribution in [-0.4, -0.2) is 60.4 Å². The smallest absolute Gasteiger partial charge is 0.241 e. The van der Waals surface area contributed by atoms with Gasteiger partial charge in [-0.15, -0.1) is 0 Å². The molecule has 0 radical (unpaired) electrons. The lowest BCUT2D eigenvalue weighted by atomic mass is 9.85. The average Bonchev–Trinajstić information content (AvgIpc) is 2.81. The number of amides is 2. The number of nitrogens with zero attached hydrogens (tertiary/aromatic N) is 2. The maximum atomic E-state index is 12.6. The molecule has 0 bridgehead atoms. The lowest BCUT2D eigenvalue weighted by molar-refractivity contribution is -0.139. The Morgan fingerprint density at radius 1 is 1.20 bits per heavy atom. The van der Waals surface area contributed by atoms with Gasteiger partial charge in [0.25, 0.3) is 0 Å². The molecule has 1 N–H and O–H groups in total. The topological polar surface area (TPSA) is 52.6 Å². The molecule has 112 valence electrons. The first kappa shape index (κ1) is 13.9. The van der Waals surface area contributed by atoms with E-state index in [0.717, 1.165) is 19.4 Å². The molecule has 3 unspecified atom stereocenters. The van der Waals surface area contributed by atoms with Crippen molar-refractivity contribution >= 4 is 11.8 Å². The molecule has 3 atom stereocenters. The SMILES string of the molecule is CN1CCCN(C(=O)C2CC3CCCCC3N2)CC1=O. The van der Waals surface area contributed by atoms with Gasteiger partial charge in [0.15, 0.2) is 0 Å². The van der Waals surface area contributed by atoms with Crippen LogP contribution in [0.5, 0.6) is 0 Å². The van der Waals surface area contributed by atoms with Crippen LogP contribution >= 0.6 is 0 Å². The van der Waals surface area contributed by atoms with Crippen molar-refractivity contribution in [3.63, 3.8) is 0 Å². The zero-order chi connectivity index (χ0) is 14.1. The van der Waals surface area contributed by atoms with Crippen LogP contribution in [0.3, 0.4) is 0 Å². The molecule has 0 aromatic rings. The van der Waals surface area contributed by atoms with Crippen LogP contribution in [0, 0.1) is 5.92 Å². The zero-order valence-corrected chi connectivity index (χ0v) is 12.3. The third kappa shape index (κ3) is 2.68. The van der Waals surface area contributed by atoms with Crippen LogP contribution in [0.4, 0.5) is 0 Å². The number of fused-ring (bicyclic) bond motifs is 1. The van der Waals surface area contributed by atoms with E-state index < -0.39 is 0 Å². The Hall–Kier alpha value is -1.10. The average molecular weight is 279 g/mol. The molecule has 2 saturated heterocycles. The lowest BCUT2D eigenvalue weighted by Crippen LogP contribution is -2.47. The molecule has 3 aliphatic rings. The molecule has 5 nitrogen and oxygen atoms in total. The van der Waals surface area contributed by atoms with E-state index in [4.69, 9.17) is 0 Å². The van der Waals surface area contributed by atoms with Crippen LogP contribution in [0.15, 0.2) is 0 Å². The largest absolute Gasteiger partial charge is 0.344 e. The molecule has 0 aromatic carbocycles. The van der Waals surface area contributed by atoms with E-state index in [1.165, 1.54) is 25.7 Å². The van der Waals surface area contributed by atoms with Crippen molar-refractivity contribution in [1.82, 2.24) is 15.1 Å². The molecular weight excluding hydrogens is 254 g/mol. The fourth-order valence-corrected chi connectivity index (χ4v) is 3.91. The highest BCUT2D eigenvalue weighted by Gasteiger charge is 2.40. The van der Waals surface area contributed by atoms with Crippen molar-refractivity contribution < 1.29 is 9.59 Å². The van der Waals surface area contributed by atoms with Crippen molar-refractivity contribution in [1.29, 1.82) is 0 Å². The lowest BCUT2D eigenvalue weighted by Gasteiger charge is -2.24. The number of nitrogens with one attached hydrogen (secondary N) is 1. The number of hydrogen-bond acceptors (Lipinski definition) is 3. The van der Waals surface area contributed by atoms with Gasteiger partial charge in [0.05, 0.1) is 12.6 Å². The second-order valence-corrected chi connectivity index (χ2v) is 6.53. The second kappa shape index (κ2) is 5.72. The second-order valence-electron chi connectivity index (χ2n) is 6.53. The Morgan fingerprint density at radius 3 is 2.80 bits per heavy atom. The molecule has 20 heavy (non-hydrogen) atoms. The number of likely N-dealkylation sites (N-methyl/N-ethyl adjacent to an activating group) is 1. The van der Waals surface area contributed by atoms with E-state index in [2.05, 4.69) is 5.32 Å². The zero-order valence-electron chi connectivity index (χ0n) is 12.3. The molecule has 1 saturated carbocycles. The number of carbonyl (C=O) groups is 2. The standard InChI is InChI=1S/C15H25N3O2/c1-17-7-4-8-18(10-14(17)19)15(20)13-9-11-5-2-3-6-12(11)16-13/h11-13,16H,2-10H2,1H3. The Kier molecular flexibility index (Phi) is 3.96. The minimum absolute atomic E-state index is 0.0562. The van der Waals surface area contributed by atoms with E-state index >= 15 is 0 Å². The molecule has 2 aliphatic heterocycles. The fourth-order valence-electron chi connectivity index (χ4n) is 3.91. The molecule has 3 fully saturated rings. The third-order valence-corrected chi connectivity index (χ3v) is 5.15. The van der Waals surface area contributed by atoms with Crippen molar-refractivity contribution in [2.24, 2.45) is 5.92 Å². The minimum atomic E-state index is -0.0562. The molecule has 0 spiro atoms. The predicted octanol–water partition coefficient (Wildman–Crippen LogP) is 0.598. The summed E-state index contributed by atoms with van der Waals surface area (Å²) in [5.41, 5.74) is 0. The van der Waals surface area contributed by atoms with Crippen LogP contribution in [0.2, 0.25) is 0 Å². The monoisotopic (exact) mass is 279 g/mol. The summed E-state index contributed by atoms with van der Waals surface area (Å²) in [5.74, 6) is 0.873. The molecule has 1 aliphatic carbocycles. The number of hydrogen-bond donors (Lipinski definition) is 1. The first-order valence-corrected chi connectivity index (χ1v) is 7.94. The van der Waals surface area contributed by atoms with E-state index in [1.54, 1.807) is 9.80 Å². The van der Waals surface area contributed by atoms with Crippen LogP contribution in [0.1, 0.15) is 38.5 Å². The fraction of sp³-hybridized carbons (Fsp3) is 0.867. The van der Waals surface area contributed by atoms with E-state index in [1.807, 2.05) is 7.05 Å². The summed E-state index contributed by atoms with van der Waals surface area (Å²) in [6, 6.07) is 0.474. The van der Waals surface area contributed by atoms with Gasteiger partial charge in [0.2, 0.25) is 11.8 Å². The van der Waals surface area contributed by atoms with Crippen molar-refractivity contribution in [2.75, 3.05) is 26.7 Å². The summed E-state index contributed by atoms with van der Waals surface area (Å²) in [7, 11) is 1.82. The van der Waals surface area contributed by atoms with E-state index in [-0.39, 0.29) is 24.4 Å². The van der Waals surface area contributed by atoms with Crippen molar-refractivity contribution in [2.45, 2.75) is 50.6 Å². The first-order chi connectivity index (χ1) is 9.65. The molecule has 5 heteroatoms. The van der Waals surface area contributed by atoms with E-state index in [0.29, 0.717) is 18.5 Å². The Labute approximate surface area is 120 Å². The predicted molar refractivity (Wildman–Crippen MR) is 76.1 cm³/mol. The quantitative estimate of drug-likeness (QED) is 0.764. The summed E-state index contributed by atoms with van der Waals surface area (Å²) in [4.78, 5) is 28.0. The van der Waals surface area contributed by atoms with Gasteiger partial charge in [-0.25, -0.2) is 0 Å². The van der Waals surface area contributed by atoms with Gasteiger partial charge in [-0.2, -0.15) is 0 Å². The van der Waals surface area contributed by atoms with Gasteiger partial charge in [0.1, 0.15) is 0 Å². The summed E-state index contributed by atoms with van der Waals surface area (Å²) >= 11 is 0.